The summed E-state index contributed by atoms with van der Waals surface area (Å²) in [6, 6.07) is 24.1. The molecule has 3 rings (SSSR count). The van der Waals surface area contributed by atoms with Gasteiger partial charge in [0.1, 0.15) is 7.85 Å². The first-order chi connectivity index (χ1) is 8.85. The number of hydrogen-bond acceptors (Lipinski definition) is 0. The van der Waals surface area contributed by atoms with Crippen molar-refractivity contribution in [3.05, 3.63) is 72.3 Å². The van der Waals surface area contributed by atoms with Crippen LogP contribution in [0.25, 0.3) is 21.5 Å². The zero-order valence-electron chi connectivity index (χ0n) is 10.6. The van der Waals surface area contributed by atoms with Crippen molar-refractivity contribution in [3.8, 4) is 0 Å². The maximum Gasteiger partial charge on any atom is 0.107 e. The molecule has 0 radical (unpaired) electrons. The van der Waals surface area contributed by atoms with Crippen molar-refractivity contribution in [2.24, 2.45) is 0 Å². The maximum absolute atomic E-state index is 2.26. The summed E-state index contributed by atoms with van der Waals surface area (Å²) in [4.78, 5) is 0. The summed E-state index contributed by atoms with van der Waals surface area (Å²) < 4.78 is 0. The highest BCUT2D eigenvalue weighted by molar-refractivity contribution is 6.09. The molecule has 86 valence electrons. The lowest BCUT2D eigenvalue weighted by Gasteiger charge is -2.00. The monoisotopic (exact) mass is 230 g/mol. The van der Waals surface area contributed by atoms with Gasteiger partial charge in [0.2, 0.25) is 0 Å². The zero-order chi connectivity index (χ0) is 12.4. The van der Waals surface area contributed by atoms with Gasteiger partial charge in [-0.1, -0.05) is 60.9 Å². The lowest BCUT2D eigenvalue weighted by Crippen LogP contribution is -1.83. The minimum absolute atomic E-state index is 1.07. The van der Waals surface area contributed by atoms with Gasteiger partial charge in [0, 0.05) is 0 Å². The summed E-state index contributed by atoms with van der Waals surface area (Å²) in [6.07, 6.45) is 1.07. The van der Waals surface area contributed by atoms with Crippen molar-refractivity contribution in [2.75, 3.05) is 0 Å². The van der Waals surface area contributed by atoms with Crippen LogP contribution in [0, 0.1) is 0 Å². The van der Waals surface area contributed by atoms with Crippen LogP contribution < -0.4 is 0 Å². The van der Waals surface area contributed by atoms with Crippen molar-refractivity contribution in [1.29, 1.82) is 0 Å². The second-order valence-corrected chi connectivity index (χ2v) is 4.65. The molecule has 0 saturated carbocycles. The molecule has 0 amide bonds. The molecule has 0 aliphatic heterocycles. The molecule has 0 heterocycles. The van der Waals surface area contributed by atoms with E-state index in [9.17, 15) is 0 Å². The molecule has 0 spiro atoms. The molecule has 0 nitrogen and oxygen atoms in total. The molecule has 0 atom stereocenters. The van der Waals surface area contributed by atoms with Gasteiger partial charge in [0.05, 0.1) is 0 Å². The van der Waals surface area contributed by atoms with Gasteiger partial charge in [0.25, 0.3) is 0 Å². The Bertz CT molecular complexity index is 729. The molecule has 0 N–H and O–H groups in total. The molecule has 0 aromatic heterocycles. The largest absolute Gasteiger partial charge is 0.107 e. The van der Waals surface area contributed by atoms with E-state index in [1.54, 1.807) is 0 Å². The highest BCUT2D eigenvalue weighted by Gasteiger charge is 1.94. The van der Waals surface area contributed by atoms with E-state index in [0.29, 0.717) is 0 Å². The standard InChI is InChI=1S/C17H15B/c18-12-17-9-7-15-5-4-13-2-1-3-14(10-13)6-8-16(17)11-15/h1-11H,12,18H2. The molecule has 0 unspecified atom stereocenters. The van der Waals surface area contributed by atoms with E-state index in [2.05, 4.69) is 74.6 Å². The summed E-state index contributed by atoms with van der Waals surface area (Å²) in [5.74, 6) is 0. The molecule has 0 saturated heterocycles. The molecular weight excluding hydrogens is 215 g/mol. The quantitative estimate of drug-likeness (QED) is 0.559. The van der Waals surface area contributed by atoms with E-state index in [4.69, 9.17) is 0 Å². The summed E-state index contributed by atoms with van der Waals surface area (Å²) >= 11 is 0. The molecule has 0 fully saturated rings. The van der Waals surface area contributed by atoms with Gasteiger partial charge in [-0.3, -0.25) is 0 Å². The fraction of sp³-hybridized carbons (Fsp3) is 0.0588. The Hall–Kier alpha value is -2.02. The normalized spacial score (nSPS) is 10.7. The van der Waals surface area contributed by atoms with E-state index in [0.717, 1.165) is 6.32 Å². The van der Waals surface area contributed by atoms with E-state index >= 15 is 0 Å². The highest BCUT2D eigenvalue weighted by Crippen LogP contribution is 2.16. The number of rotatable bonds is 1. The van der Waals surface area contributed by atoms with Crippen LogP contribution in [0.1, 0.15) is 5.56 Å². The molecule has 1 heteroatoms. The smallest absolute Gasteiger partial charge is 0.0611 e. The molecule has 0 aliphatic carbocycles. The van der Waals surface area contributed by atoms with Crippen LogP contribution in [0.2, 0.25) is 0 Å². The minimum atomic E-state index is 1.07. The number of fused-ring (bicyclic) bond motifs is 4. The Balaban J connectivity index is 2.41. The van der Waals surface area contributed by atoms with Gasteiger partial charge >= 0.3 is 0 Å². The second kappa shape index (κ2) is 4.69. The fourth-order valence-corrected chi connectivity index (χ4v) is 2.34. The third-order valence-electron chi connectivity index (χ3n) is 3.39. The molecule has 4 bridgehead atoms. The van der Waals surface area contributed by atoms with Crippen LogP contribution >= 0.6 is 0 Å². The third kappa shape index (κ3) is 2.17. The van der Waals surface area contributed by atoms with Gasteiger partial charge < -0.3 is 0 Å². The molecular formula is C17H15B. The first-order valence-electron chi connectivity index (χ1n) is 6.44. The lowest BCUT2D eigenvalue weighted by atomic mass is 9.93. The number of hydrogen-bond donors (Lipinski definition) is 0. The second-order valence-electron chi connectivity index (χ2n) is 4.65. The van der Waals surface area contributed by atoms with Crippen molar-refractivity contribution in [3.63, 3.8) is 0 Å². The summed E-state index contributed by atoms with van der Waals surface area (Å²) in [5, 5.41) is 5.10. The minimum Gasteiger partial charge on any atom is -0.0611 e. The fourth-order valence-electron chi connectivity index (χ4n) is 2.34. The maximum atomic E-state index is 2.26. The van der Waals surface area contributed by atoms with Gasteiger partial charge in [0.15, 0.2) is 0 Å². The Morgan fingerprint density at radius 3 is 2.00 bits per heavy atom. The van der Waals surface area contributed by atoms with Crippen molar-refractivity contribution in [2.45, 2.75) is 6.32 Å². The van der Waals surface area contributed by atoms with E-state index in [-0.39, 0.29) is 0 Å². The Kier molecular flexibility index (Phi) is 2.89. The Morgan fingerprint density at radius 2 is 1.28 bits per heavy atom. The van der Waals surface area contributed by atoms with Crippen LogP contribution in [0.3, 0.4) is 0 Å². The molecule has 3 aromatic carbocycles. The number of benzene rings is 2. The predicted octanol–water partition coefficient (Wildman–Crippen LogP) is 3.69. The van der Waals surface area contributed by atoms with Crippen LogP contribution in [0.5, 0.6) is 0 Å². The average Bonchev–Trinajstić information content (AvgIpc) is 2.43. The van der Waals surface area contributed by atoms with Gasteiger partial charge in [-0.25, -0.2) is 0 Å². The summed E-state index contributed by atoms with van der Waals surface area (Å²) in [6.45, 7) is 0. The Morgan fingerprint density at radius 1 is 0.667 bits per heavy atom. The topological polar surface area (TPSA) is 0 Å². The molecule has 18 heavy (non-hydrogen) atoms. The lowest BCUT2D eigenvalue weighted by molar-refractivity contribution is 1.45. The van der Waals surface area contributed by atoms with Gasteiger partial charge in [-0.05, 0) is 39.2 Å². The van der Waals surface area contributed by atoms with Crippen molar-refractivity contribution in [1.82, 2.24) is 0 Å². The van der Waals surface area contributed by atoms with Crippen molar-refractivity contribution < 1.29 is 0 Å². The first-order valence-corrected chi connectivity index (χ1v) is 6.44. The van der Waals surface area contributed by atoms with Crippen LogP contribution in [0.15, 0.2) is 66.7 Å². The van der Waals surface area contributed by atoms with Gasteiger partial charge in [-0.15, -0.1) is 0 Å². The van der Waals surface area contributed by atoms with Crippen molar-refractivity contribution >= 4 is 29.4 Å². The Labute approximate surface area is 108 Å². The van der Waals surface area contributed by atoms with Gasteiger partial charge in [-0.2, -0.15) is 0 Å². The molecule has 0 aliphatic rings. The third-order valence-corrected chi connectivity index (χ3v) is 3.39. The first kappa shape index (κ1) is 11.1. The SMILES string of the molecule is BCc1ccc2ccc3cccc(ccc1c2)c3. The van der Waals surface area contributed by atoms with E-state index < -0.39 is 0 Å². The zero-order valence-corrected chi connectivity index (χ0v) is 10.6. The van der Waals surface area contributed by atoms with Crippen LogP contribution in [-0.4, -0.2) is 7.85 Å². The van der Waals surface area contributed by atoms with E-state index in [1.165, 1.54) is 27.1 Å². The predicted molar refractivity (Wildman–Crippen MR) is 82.5 cm³/mol. The van der Waals surface area contributed by atoms with E-state index in [1.807, 2.05) is 0 Å². The average molecular weight is 230 g/mol. The van der Waals surface area contributed by atoms with Crippen LogP contribution in [-0.2, 0) is 6.32 Å². The summed E-state index contributed by atoms with van der Waals surface area (Å²) in [7, 11) is 2.20. The summed E-state index contributed by atoms with van der Waals surface area (Å²) in [5.41, 5.74) is 1.40. The molecule has 3 aromatic rings. The van der Waals surface area contributed by atoms with Crippen LogP contribution in [0.4, 0.5) is 0 Å². The highest BCUT2D eigenvalue weighted by atomic mass is 14.0.